The van der Waals surface area contributed by atoms with Crippen molar-refractivity contribution in [1.82, 2.24) is 10.2 Å². The summed E-state index contributed by atoms with van der Waals surface area (Å²) >= 11 is 0. The highest BCUT2D eigenvalue weighted by molar-refractivity contribution is 5.96. The average Bonchev–Trinajstić information content (AvgIpc) is 2.42. The number of halogens is 1. The summed E-state index contributed by atoms with van der Waals surface area (Å²) in [6, 6.07) is 5.99. The van der Waals surface area contributed by atoms with E-state index in [-0.39, 0.29) is 18.3 Å². The Kier molecular flexibility index (Phi) is 6.50. The highest BCUT2D eigenvalue weighted by Crippen LogP contribution is 2.20. The molecule has 0 bridgehead atoms. The molecule has 1 amide bonds. The van der Waals surface area contributed by atoms with Gasteiger partial charge in [-0.2, -0.15) is 0 Å². The van der Waals surface area contributed by atoms with Gasteiger partial charge in [0.2, 0.25) is 0 Å². The lowest BCUT2D eigenvalue weighted by Gasteiger charge is -2.32. The van der Waals surface area contributed by atoms with Crippen molar-refractivity contribution in [3.63, 3.8) is 0 Å². The van der Waals surface area contributed by atoms with Crippen LogP contribution in [0.3, 0.4) is 0 Å². The predicted molar refractivity (Wildman–Crippen MR) is 85.7 cm³/mol. The number of amides is 1. The van der Waals surface area contributed by atoms with E-state index >= 15 is 0 Å². The van der Waals surface area contributed by atoms with E-state index in [0.29, 0.717) is 5.92 Å². The molecule has 1 aliphatic heterocycles. The summed E-state index contributed by atoms with van der Waals surface area (Å²) in [4.78, 5) is 14.6. The molecule has 0 aliphatic carbocycles. The molecular weight excluding hydrogens is 272 g/mol. The lowest BCUT2D eigenvalue weighted by molar-refractivity contribution is 0.0690. The van der Waals surface area contributed by atoms with Crippen molar-refractivity contribution in [2.45, 2.75) is 26.7 Å². The first-order valence-corrected chi connectivity index (χ1v) is 7.13. The normalized spacial score (nSPS) is 15.8. The lowest BCUT2D eigenvalue weighted by atomic mass is 9.95. The zero-order valence-electron chi connectivity index (χ0n) is 12.6. The van der Waals surface area contributed by atoms with Gasteiger partial charge in [0.15, 0.2) is 0 Å². The molecule has 112 valence electrons. The number of nitrogens with zero attached hydrogens (tertiary/aromatic N) is 1. The Morgan fingerprint density at radius 3 is 2.55 bits per heavy atom. The van der Waals surface area contributed by atoms with Crippen LogP contribution in [0, 0.1) is 19.8 Å². The van der Waals surface area contributed by atoms with E-state index in [4.69, 9.17) is 0 Å². The van der Waals surface area contributed by atoms with Gasteiger partial charge in [-0.25, -0.2) is 0 Å². The fourth-order valence-corrected chi connectivity index (χ4v) is 2.78. The van der Waals surface area contributed by atoms with E-state index in [1.807, 2.05) is 31.0 Å². The summed E-state index contributed by atoms with van der Waals surface area (Å²) in [5.74, 6) is 0.914. The third kappa shape index (κ3) is 3.74. The highest BCUT2D eigenvalue weighted by atomic mass is 35.5. The average molecular weight is 297 g/mol. The minimum atomic E-state index is 0. The van der Waals surface area contributed by atoms with E-state index in [1.54, 1.807) is 0 Å². The number of piperidine rings is 1. The van der Waals surface area contributed by atoms with Crippen LogP contribution in [-0.2, 0) is 0 Å². The second-order valence-electron chi connectivity index (χ2n) is 5.54. The van der Waals surface area contributed by atoms with E-state index in [1.165, 1.54) is 5.56 Å². The SMILES string of the molecule is CNCC1CCN(C(=O)c2cccc(C)c2C)CC1.Cl. The first-order chi connectivity index (χ1) is 9.13. The summed E-state index contributed by atoms with van der Waals surface area (Å²) in [5, 5.41) is 3.23. The first-order valence-electron chi connectivity index (χ1n) is 7.13. The minimum absolute atomic E-state index is 0. The van der Waals surface area contributed by atoms with Gasteiger partial charge in [-0.3, -0.25) is 4.79 Å². The number of hydrogen-bond acceptors (Lipinski definition) is 2. The van der Waals surface area contributed by atoms with Gasteiger partial charge in [0.1, 0.15) is 0 Å². The molecule has 3 nitrogen and oxygen atoms in total. The van der Waals surface area contributed by atoms with Gasteiger partial charge in [0.05, 0.1) is 0 Å². The maximum absolute atomic E-state index is 12.5. The van der Waals surface area contributed by atoms with Crippen molar-refractivity contribution >= 4 is 18.3 Å². The minimum Gasteiger partial charge on any atom is -0.339 e. The number of likely N-dealkylation sites (tertiary alicyclic amines) is 1. The van der Waals surface area contributed by atoms with E-state index in [2.05, 4.69) is 18.3 Å². The van der Waals surface area contributed by atoms with Crippen LogP contribution in [0.25, 0.3) is 0 Å². The van der Waals surface area contributed by atoms with Crippen LogP contribution in [0.1, 0.15) is 34.3 Å². The Morgan fingerprint density at radius 1 is 1.30 bits per heavy atom. The van der Waals surface area contributed by atoms with Crippen LogP contribution in [-0.4, -0.2) is 37.5 Å². The molecule has 1 fully saturated rings. The quantitative estimate of drug-likeness (QED) is 0.930. The molecule has 1 aliphatic rings. The third-order valence-electron chi connectivity index (χ3n) is 4.23. The van der Waals surface area contributed by atoms with E-state index in [9.17, 15) is 4.79 Å². The van der Waals surface area contributed by atoms with Crippen molar-refractivity contribution < 1.29 is 4.79 Å². The highest BCUT2D eigenvalue weighted by Gasteiger charge is 2.24. The third-order valence-corrected chi connectivity index (χ3v) is 4.23. The number of nitrogens with one attached hydrogen (secondary N) is 1. The molecule has 1 saturated heterocycles. The molecule has 0 radical (unpaired) electrons. The predicted octanol–water partition coefficient (Wildman–Crippen LogP) is 2.80. The maximum atomic E-state index is 12.5. The molecular formula is C16H25ClN2O. The molecule has 0 spiro atoms. The number of hydrogen-bond donors (Lipinski definition) is 1. The molecule has 0 unspecified atom stereocenters. The topological polar surface area (TPSA) is 32.3 Å². The Labute approximate surface area is 128 Å². The van der Waals surface area contributed by atoms with Crippen molar-refractivity contribution in [2.75, 3.05) is 26.7 Å². The summed E-state index contributed by atoms with van der Waals surface area (Å²) in [6.45, 7) is 6.93. The molecule has 1 aromatic rings. The number of carbonyl (C=O) groups is 1. The fraction of sp³-hybridized carbons (Fsp3) is 0.562. The van der Waals surface area contributed by atoms with Crippen LogP contribution in [0.4, 0.5) is 0 Å². The number of carbonyl (C=O) groups excluding carboxylic acids is 1. The summed E-state index contributed by atoms with van der Waals surface area (Å²) in [7, 11) is 1.99. The van der Waals surface area contributed by atoms with Gasteiger partial charge in [-0.15, -0.1) is 12.4 Å². The molecule has 1 aromatic carbocycles. The second kappa shape index (κ2) is 7.65. The lowest BCUT2D eigenvalue weighted by Crippen LogP contribution is -2.40. The van der Waals surface area contributed by atoms with Crippen molar-refractivity contribution in [3.05, 3.63) is 34.9 Å². The van der Waals surface area contributed by atoms with Gasteiger partial charge < -0.3 is 10.2 Å². The zero-order chi connectivity index (χ0) is 13.8. The zero-order valence-corrected chi connectivity index (χ0v) is 13.4. The Balaban J connectivity index is 0.00000200. The first kappa shape index (κ1) is 17.0. The van der Waals surface area contributed by atoms with Gasteiger partial charge >= 0.3 is 0 Å². The van der Waals surface area contributed by atoms with Crippen LogP contribution >= 0.6 is 12.4 Å². The largest absolute Gasteiger partial charge is 0.339 e. The van der Waals surface area contributed by atoms with E-state index < -0.39 is 0 Å². The summed E-state index contributed by atoms with van der Waals surface area (Å²) < 4.78 is 0. The summed E-state index contributed by atoms with van der Waals surface area (Å²) in [5.41, 5.74) is 3.17. The Hall–Kier alpha value is -1.06. The molecule has 20 heavy (non-hydrogen) atoms. The molecule has 2 rings (SSSR count). The van der Waals surface area contributed by atoms with Gasteiger partial charge in [-0.05, 0) is 63.4 Å². The van der Waals surface area contributed by atoms with Crippen LogP contribution in [0.2, 0.25) is 0 Å². The molecule has 1 N–H and O–H groups in total. The standard InChI is InChI=1S/C16H24N2O.ClH/c1-12-5-4-6-15(13(12)2)16(19)18-9-7-14(8-10-18)11-17-3;/h4-6,14,17H,7-11H2,1-3H3;1H. The Bertz CT molecular complexity index is 454. The van der Waals surface area contributed by atoms with E-state index in [0.717, 1.165) is 43.6 Å². The van der Waals surface area contributed by atoms with Crippen LogP contribution < -0.4 is 5.32 Å². The van der Waals surface area contributed by atoms with Gasteiger partial charge in [-0.1, -0.05) is 12.1 Å². The van der Waals surface area contributed by atoms with Crippen molar-refractivity contribution in [2.24, 2.45) is 5.92 Å². The van der Waals surface area contributed by atoms with Gasteiger partial charge in [0, 0.05) is 18.7 Å². The smallest absolute Gasteiger partial charge is 0.254 e. The molecule has 0 atom stereocenters. The molecule has 0 saturated carbocycles. The second-order valence-corrected chi connectivity index (χ2v) is 5.54. The monoisotopic (exact) mass is 296 g/mol. The molecule has 1 heterocycles. The number of benzene rings is 1. The number of rotatable bonds is 3. The fourth-order valence-electron chi connectivity index (χ4n) is 2.78. The summed E-state index contributed by atoms with van der Waals surface area (Å²) in [6.07, 6.45) is 2.22. The van der Waals surface area contributed by atoms with Crippen molar-refractivity contribution in [3.8, 4) is 0 Å². The van der Waals surface area contributed by atoms with Crippen LogP contribution in [0.15, 0.2) is 18.2 Å². The Morgan fingerprint density at radius 2 is 1.95 bits per heavy atom. The molecule has 0 aromatic heterocycles. The van der Waals surface area contributed by atoms with Gasteiger partial charge in [0.25, 0.3) is 5.91 Å². The maximum Gasteiger partial charge on any atom is 0.254 e. The van der Waals surface area contributed by atoms with Crippen LogP contribution in [0.5, 0.6) is 0 Å². The molecule has 4 heteroatoms. The number of aryl methyl sites for hydroxylation is 1. The van der Waals surface area contributed by atoms with Crippen molar-refractivity contribution in [1.29, 1.82) is 0 Å².